The first kappa shape index (κ1) is 8.05. The van der Waals surface area contributed by atoms with Crippen molar-refractivity contribution < 1.29 is 8.42 Å². The highest BCUT2D eigenvalue weighted by atomic mass is 32.2. The SMILES string of the molecule is O=S1(=O)[CH]CCCCCC1. The van der Waals surface area contributed by atoms with E-state index in [-0.39, 0.29) is 0 Å². The molecule has 3 heteroatoms. The minimum atomic E-state index is -2.77. The van der Waals surface area contributed by atoms with E-state index in [0.29, 0.717) is 5.75 Å². The highest BCUT2D eigenvalue weighted by Crippen LogP contribution is 2.14. The fourth-order valence-corrected chi connectivity index (χ4v) is 2.45. The van der Waals surface area contributed by atoms with Crippen molar-refractivity contribution in [2.45, 2.75) is 32.1 Å². The van der Waals surface area contributed by atoms with E-state index in [0.717, 1.165) is 25.7 Å². The second-order valence-electron chi connectivity index (χ2n) is 2.74. The van der Waals surface area contributed by atoms with E-state index in [1.807, 2.05) is 0 Å². The third kappa shape index (κ3) is 2.69. The van der Waals surface area contributed by atoms with Gasteiger partial charge in [0.25, 0.3) is 0 Å². The summed E-state index contributed by atoms with van der Waals surface area (Å²) in [5.41, 5.74) is 0. The van der Waals surface area contributed by atoms with E-state index in [1.165, 1.54) is 12.2 Å². The highest BCUT2D eigenvalue weighted by Gasteiger charge is 2.12. The average molecular weight is 161 g/mol. The van der Waals surface area contributed by atoms with Crippen LogP contribution >= 0.6 is 0 Å². The van der Waals surface area contributed by atoms with Crippen molar-refractivity contribution in [1.29, 1.82) is 0 Å². The quantitative estimate of drug-likeness (QED) is 0.540. The minimum absolute atomic E-state index is 0.368. The first-order chi connectivity index (χ1) is 4.71. The zero-order valence-corrected chi connectivity index (χ0v) is 6.86. The Bertz CT molecular complexity index is 168. The number of rotatable bonds is 0. The summed E-state index contributed by atoms with van der Waals surface area (Å²) < 4.78 is 21.9. The van der Waals surface area contributed by atoms with Crippen LogP contribution in [0.25, 0.3) is 0 Å². The van der Waals surface area contributed by atoms with Gasteiger partial charge in [-0.05, 0) is 12.8 Å². The first-order valence-electron chi connectivity index (χ1n) is 3.77. The van der Waals surface area contributed by atoms with Crippen LogP contribution in [-0.2, 0) is 9.84 Å². The molecule has 0 saturated carbocycles. The topological polar surface area (TPSA) is 34.1 Å². The number of hydrogen-bond donors (Lipinski definition) is 0. The molecular formula is C7H13O2S. The van der Waals surface area contributed by atoms with Gasteiger partial charge < -0.3 is 0 Å². The van der Waals surface area contributed by atoms with E-state index >= 15 is 0 Å². The van der Waals surface area contributed by atoms with Crippen LogP contribution in [0.4, 0.5) is 0 Å². The minimum Gasteiger partial charge on any atom is -0.229 e. The van der Waals surface area contributed by atoms with Gasteiger partial charge in [-0.2, -0.15) is 0 Å². The summed E-state index contributed by atoms with van der Waals surface area (Å²) in [5, 5.41) is 0. The molecule has 0 aliphatic carbocycles. The summed E-state index contributed by atoms with van der Waals surface area (Å²) in [7, 11) is -2.77. The molecule has 0 aromatic rings. The van der Waals surface area contributed by atoms with Crippen LogP contribution in [-0.4, -0.2) is 14.2 Å². The smallest absolute Gasteiger partial charge is 0.154 e. The molecule has 1 aliphatic rings. The maximum Gasteiger partial charge on any atom is 0.154 e. The third-order valence-corrected chi connectivity index (χ3v) is 3.36. The van der Waals surface area contributed by atoms with E-state index in [2.05, 4.69) is 0 Å². The lowest BCUT2D eigenvalue weighted by molar-refractivity contribution is 0.579. The van der Waals surface area contributed by atoms with Gasteiger partial charge in [0.05, 0.1) is 11.5 Å². The van der Waals surface area contributed by atoms with E-state index < -0.39 is 9.84 Å². The Morgan fingerprint density at radius 1 is 1.00 bits per heavy atom. The Balaban J connectivity index is 2.46. The molecule has 10 heavy (non-hydrogen) atoms. The molecule has 1 saturated heterocycles. The lowest BCUT2D eigenvalue weighted by Gasteiger charge is -2.07. The van der Waals surface area contributed by atoms with Crippen LogP contribution in [0.2, 0.25) is 0 Å². The summed E-state index contributed by atoms with van der Waals surface area (Å²) in [6.45, 7) is 0. The Hall–Kier alpha value is -0.0500. The standard InChI is InChI=1S/C7H13O2S/c8-10(9)6-4-2-1-3-5-7-10/h6H,1-5,7H2. The molecular weight excluding hydrogens is 148 g/mol. The summed E-state index contributed by atoms with van der Waals surface area (Å²) in [5.74, 6) is 1.85. The zero-order chi connectivity index (χ0) is 7.45. The predicted octanol–water partition coefficient (Wildman–Crippen LogP) is 1.53. The summed E-state index contributed by atoms with van der Waals surface area (Å²) in [6, 6.07) is 0. The Morgan fingerprint density at radius 3 is 2.50 bits per heavy atom. The molecule has 0 N–H and O–H groups in total. The van der Waals surface area contributed by atoms with Gasteiger partial charge in [0.1, 0.15) is 0 Å². The van der Waals surface area contributed by atoms with Gasteiger partial charge in [-0.3, -0.25) is 0 Å². The Kier molecular flexibility index (Phi) is 2.72. The van der Waals surface area contributed by atoms with Crippen molar-refractivity contribution in [1.82, 2.24) is 0 Å². The van der Waals surface area contributed by atoms with Gasteiger partial charge in [-0.15, -0.1) is 0 Å². The molecule has 0 unspecified atom stereocenters. The summed E-state index contributed by atoms with van der Waals surface area (Å²) >= 11 is 0. The summed E-state index contributed by atoms with van der Waals surface area (Å²) in [4.78, 5) is 0. The van der Waals surface area contributed by atoms with Gasteiger partial charge in [0.2, 0.25) is 0 Å². The van der Waals surface area contributed by atoms with E-state index in [1.54, 1.807) is 0 Å². The molecule has 0 aromatic carbocycles. The second kappa shape index (κ2) is 3.37. The lowest BCUT2D eigenvalue weighted by atomic mass is 10.2. The van der Waals surface area contributed by atoms with Crippen LogP contribution in [0.3, 0.4) is 0 Å². The molecule has 1 fully saturated rings. The molecule has 59 valence electrons. The molecule has 1 aliphatic heterocycles. The van der Waals surface area contributed by atoms with Crippen LogP contribution in [0.5, 0.6) is 0 Å². The monoisotopic (exact) mass is 161 g/mol. The van der Waals surface area contributed by atoms with Gasteiger partial charge in [-0.1, -0.05) is 19.3 Å². The molecule has 1 heterocycles. The van der Waals surface area contributed by atoms with Crippen molar-refractivity contribution in [3.8, 4) is 0 Å². The number of sulfone groups is 1. The predicted molar refractivity (Wildman–Crippen MR) is 41.2 cm³/mol. The largest absolute Gasteiger partial charge is 0.229 e. The lowest BCUT2D eigenvalue weighted by Crippen LogP contribution is -2.08. The normalized spacial score (nSPS) is 26.8. The van der Waals surface area contributed by atoms with Crippen molar-refractivity contribution in [2.75, 3.05) is 5.75 Å². The molecule has 1 rings (SSSR count). The molecule has 0 spiro atoms. The highest BCUT2D eigenvalue weighted by molar-refractivity contribution is 7.93. The fourth-order valence-electron chi connectivity index (χ4n) is 1.15. The van der Waals surface area contributed by atoms with E-state index in [4.69, 9.17) is 0 Å². The Morgan fingerprint density at radius 2 is 1.70 bits per heavy atom. The van der Waals surface area contributed by atoms with Crippen molar-refractivity contribution in [2.24, 2.45) is 0 Å². The molecule has 1 radical (unpaired) electrons. The van der Waals surface area contributed by atoms with Gasteiger partial charge >= 0.3 is 0 Å². The van der Waals surface area contributed by atoms with Crippen molar-refractivity contribution in [3.63, 3.8) is 0 Å². The van der Waals surface area contributed by atoms with Gasteiger partial charge in [0, 0.05) is 0 Å². The first-order valence-corrected chi connectivity index (χ1v) is 5.48. The summed E-state index contributed by atoms with van der Waals surface area (Å²) in [6.07, 6.45) is 4.90. The number of hydrogen-bond acceptors (Lipinski definition) is 2. The zero-order valence-electron chi connectivity index (χ0n) is 6.04. The molecule has 0 aromatic heterocycles. The molecule has 2 nitrogen and oxygen atoms in total. The fraction of sp³-hybridized carbons (Fsp3) is 0.857. The van der Waals surface area contributed by atoms with Crippen LogP contribution in [0.15, 0.2) is 0 Å². The molecule has 0 atom stereocenters. The van der Waals surface area contributed by atoms with Crippen LogP contribution < -0.4 is 0 Å². The maximum absolute atomic E-state index is 11.0. The van der Waals surface area contributed by atoms with E-state index in [9.17, 15) is 8.42 Å². The van der Waals surface area contributed by atoms with Crippen molar-refractivity contribution in [3.05, 3.63) is 5.75 Å². The maximum atomic E-state index is 11.0. The molecule has 0 amide bonds. The van der Waals surface area contributed by atoms with Crippen molar-refractivity contribution >= 4 is 9.84 Å². The van der Waals surface area contributed by atoms with Gasteiger partial charge in [0.15, 0.2) is 9.84 Å². The van der Waals surface area contributed by atoms with Crippen LogP contribution in [0, 0.1) is 5.75 Å². The van der Waals surface area contributed by atoms with Gasteiger partial charge in [-0.25, -0.2) is 8.42 Å². The second-order valence-corrected chi connectivity index (χ2v) is 4.80. The average Bonchev–Trinajstić information content (AvgIpc) is 1.81. The third-order valence-electron chi connectivity index (χ3n) is 1.75. The van der Waals surface area contributed by atoms with Crippen LogP contribution in [0.1, 0.15) is 32.1 Å². The molecule has 0 bridgehead atoms. The Labute approximate surface area is 62.5 Å².